The van der Waals surface area contributed by atoms with Crippen LogP contribution in [0, 0.1) is 5.92 Å². The second kappa shape index (κ2) is 11.9. The van der Waals surface area contributed by atoms with Gasteiger partial charge in [-0.15, -0.1) is 0 Å². The molecule has 0 aliphatic carbocycles. The number of anilines is 3. The van der Waals surface area contributed by atoms with Crippen molar-refractivity contribution in [2.75, 3.05) is 62.2 Å². The third-order valence-electron chi connectivity index (χ3n) is 6.61. The number of rotatable bonds is 7. The van der Waals surface area contributed by atoms with Gasteiger partial charge in [0, 0.05) is 51.4 Å². The zero-order valence-electron chi connectivity index (χ0n) is 21.1. The minimum atomic E-state index is -2.93. The minimum absolute atomic E-state index is 0.114. The lowest BCUT2D eigenvalue weighted by molar-refractivity contribution is -0.135. The Kier molecular flexibility index (Phi) is 8.41. The lowest BCUT2D eigenvalue weighted by Gasteiger charge is -2.35. The van der Waals surface area contributed by atoms with Gasteiger partial charge in [0.2, 0.25) is 35.6 Å². The molecule has 0 atom stereocenters. The van der Waals surface area contributed by atoms with Crippen molar-refractivity contribution < 1.29 is 23.2 Å². The fourth-order valence-electron chi connectivity index (χ4n) is 4.46. The number of likely N-dealkylation sites (tertiary alicyclic amines) is 1. The molecule has 0 unspecified atom stereocenters. The van der Waals surface area contributed by atoms with Crippen LogP contribution in [-0.4, -0.2) is 98.3 Å². The number of hydrogen-bond donors (Lipinski definition) is 3. The Hall–Kier alpha value is -4.50. The molecule has 2 aliphatic rings. The molecule has 0 spiro atoms. The molecule has 208 valence electrons. The van der Waals surface area contributed by atoms with E-state index in [0.29, 0.717) is 52.1 Å². The van der Waals surface area contributed by atoms with Crippen LogP contribution in [0.3, 0.4) is 0 Å². The molecule has 5 N–H and O–H groups in total. The van der Waals surface area contributed by atoms with Crippen molar-refractivity contribution >= 4 is 35.6 Å². The number of nitrogens with zero attached hydrogens (tertiary/aromatic N) is 8. The molecule has 2 saturated heterocycles. The highest BCUT2D eigenvalue weighted by molar-refractivity contribution is 5.88. The van der Waals surface area contributed by atoms with Gasteiger partial charge in [-0.25, -0.2) is 18.7 Å². The summed E-state index contributed by atoms with van der Waals surface area (Å²) in [4.78, 5) is 61.6. The summed E-state index contributed by atoms with van der Waals surface area (Å²) >= 11 is 0. The van der Waals surface area contributed by atoms with Crippen LogP contribution >= 0.6 is 0 Å². The summed E-state index contributed by atoms with van der Waals surface area (Å²) in [7, 11) is 0. The Morgan fingerprint density at radius 2 is 1.69 bits per heavy atom. The first kappa shape index (κ1) is 27.5. The summed E-state index contributed by atoms with van der Waals surface area (Å²) in [6.45, 7) is 5.61. The number of piperidine rings is 1. The van der Waals surface area contributed by atoms with Gasteiger partial charge in [0.15, 0.2) is 5.82 Å². The number of carbonyl (C=O) groups excluding carboxylic acids is 3. The summed E-state index contributed by atoms with van der Waals surface area (Å²) < 4.78 is 27.0. The van der Waals surface area contributed by atoms with Crippen LogP contribution in [0.5, 0.6) is 0 Å². The second-order valence-corrected chi connectivity index (χ2v) is 9.03. The van der Waals surface area contributed by atoms with E-state index in [-0.39, 0.29) is 59.4 Å². The molecule has 2 aliphatic heterocycles. The van der Waals surface area contributed by atoms with Crippen molar-refractivity contribution in [3.63, 3.8) is 0 Å². The Balaban J connectivity index is 1.31. The highest BCUT2D eigenvalue weighted by atomic mass is 19.3. The zero-order valence-corrected chi connectivity index (χ0v) is 21.1. The van der Waals surface area contributed by atoms with Crippen molar-refractivity contribution in [2.45, 2.75) is 19.3 Å². The predicted octanol–water partition coefficient (Wildman–Crippen LogP) is -0.380. The fraction of sp³-hybridized carbons (Fsp3) is 0.478. The third kappa shape index (κ3) is 6.50. The Labute approximate surface area is 222 Å². The lowest BCUT2D eigenvalue weighted by Crippen LogP contribution is -2.52. The van der Waals surface area contributed by atoms with Gasteiger partial charge in [-0.2, -0.15) is 15.0 Å². The molecule has 4 rings (SSSR count). The van der Waals surface area contributed by atoms with E-state index < -0.39 is 12.1 Å². The van der Waals surface area contributed by atoms with Crippen LogP contribution in [0.2, 0.25) is 0 Å². The number of aromatic nitrogens is 5. The van der Waals surface area contributed by atoms with E-state index in [4.69, 9.17) is 11.5 Å². The SMILES string of the molecule is C=CC(=O)N1CCC(C(=O)NCC(=O)N2CCN(c3nc(N)nc(-c4cnc(N)nc4C(F)F)n3)CC2)CC1. The topological polar surface area (TPSA) is 189 Å². The highest BCUT2D eigenvalue weighted by Gasteiger charge is 2.28. The number of halogens is 2. The maximum Gasteiger partial charge on any atom is 0.281 e. The second-order valence-electron chi connectivity index (χ2n) is 9.03. The molecular weight excluding hydrogens is 516 g/mol. The van der Waals surface area contributed by atoms with Crippen LogP contribution in [0.25, 0.3) is 11.4 Å². The largest absolute Gasteiger partial charge is 0.368 e. The smallest absolute Gasteiger partial charge is 0.281 e. The first-order valence-corrected chi connectivity index (χ1v) is 12.3. The molecule has 4 heterocycles. The molecule has 2 aromatic heterocycles. The van der Waals surface area contributed by atoms with Gasteiger partial charge in [-0.3, -0.25) is 14.4 Å². The van der Waals surface area contributed by atoms with Gasteiger partial charge in [0.1, 0.15) is 5.69 Å². The standard InChI is InChI=1S/C23H29F2N11O3/c1-2-15(37)34-5-3-13(4-6-34)20(39)28-12-16(38)35-7-9-36(10-8-35)23-32-19(31-22(27)33-23)14-11-29-21(26)30-17(14)18(24)25/h2,11,13,18H,1,3-10,12H2,(H,28,39)(H2,26,29,30)(H2,27,31,32,33). The number of amides is 3. The average Bonchev–Trinajstić information content (AvgIpc) is 2.95. The van der Waals surface area contributed by atoms with Gasteiger partial charge >= 0.3 is 0 Å². The molecule has 2 fully saturated rings. The first-order valence-electron chi connectivity index (χ1n) is 12.3. The maximum absolute atomic E-state index is 13.5. The molecule has 3 amide bonds. The van der Waals surface area contributed by atoms with E-state index in [1.54, 1.807) is 14.7 Å². The number of alkyl halides is 2. The Bertz CT molecular complexity index is 1250. The minimum Gasteiger partial charge on any atom is -0.368 e. The molecule has 39 heavy (non-hydrogen) atoms. The third-order valence-corrected chi connectivity index (χ3v) is 6.61. The van der Waals surface area contributed by atoms with E-state index in [1.807, 2.05) is 0 Å². The number of piperazine rings is 1. The molecule has 0 bridgehead atoms. The van der Waals surface area contributed by atoms with Crippen molar-refractivity contribution in [1.29, 1.82) is 0 Å². The molecule has 0 saturated carbocycles. The van der Waals surface area contributed by atoms with Crippen LogP contribution in [0.1, 0.15) is 25.0 Å². The van der Waals surface area contributed by atoms with Crippen molar-refractivity contribution in [3.8, 4) is 11.4 Å². The fourth-order valence-corrected chi connectivity index (χ4v) is 4.46. The van der Waals surface area contributed by atoms with E-state index in [9.17, 15) is 23.2 Å². The van der Waals surface area contributed by atoms with Gasteiger partial charge in [-0.1, -0.05) is 6.58 Å². The van der Waals surface area contributed by atoms with Crippen LogP contribution < -0.4 is 21.7 Å². The summed E-state index contributed by atoms with van der Waals surface area (Å²) in [5, 5.41) is 2.70. The van der Waals surface area contributed by atoms with Crippen molar-refractivity contribution in [1.82, 2.24) is 40.0 Å². The Morgan fingerprint density at radius 1 is 1.00 bits per heavy atom. The molecule has 0 aromatic carbocycles. The van der Waals surface area contributed by atoms with Gasteiger partial charge in [0.25, 0.3) is 6.43 Å². The molecule has 0 radical (unpaired) electrons. The Morgan fingerprint density at radius 3 is 2.33 bits per heavy atom. The van der Waals surface area contributed by atoms with Gasteiger partial charge in [0.05, 0.1) is 12.1 Å². The van der Waals surface area contributed by atoms with Crippen LogP contribution in [0.15, 0.2) is 18.9 Å². The average molecular weight is 546 g/mol. The highest BCUT2D eigenvalue weighted by Crippen LogP contribution is 2.28. The first-order chi connectivity index (χ1) is 18.7. The zero-order chi connectivity index (χ0) is 28.1. The normalized spacial score (nSPS) is 16.3. The van der Waals surface area contributed by atoms with E-state index in [0.717, 1.165) is 6.20 Å². The monoisotopic (exact) mass is 545 g/mol. The number of hydrogen-bond acceptors (Lipinski definition) is 11. The quantitative estimate of drug-likeness (QED) is 0.385. The van der Waals surface area contributed by atoms with Crippen LogP contribution in [0.4, 0.5) is 26.6 Å². The molecule has 2 aromatic rings. The van der Waals surface area contributed by atoms with Crippen molar-refractivity contribution in [2.24, 2.45) is 5.92 Å². The van der Waals surface area contributed by atoms with E-state index in [2.05, 4.69) is 36.8 Å². The predicted molar refractivity (Wildman–Crippen MR) is 136 cm³/mol. The number of nitrogen functional groups attached to an aromatic ring is 2. The van der Waals surface area contributed by atoms with E-state index >= 15 is 0 Å². The molecular formula is C23H29F2N11O3. The van der Waals surface area contributed by atoms with Crippen molar-refractivity contribution in [3.05, 3.63) is 24.5 Å². The molecule has 16 heteroatoms. The summed E-state index contributed by atoms with van der Waals surface area (Å²) in [6.07, 6.45) is 0.479. The summed E-state index contributed by atoms with van der Waals surface area (Å²) in [5.74, 6) is -1.30. The van der Waals surface area contributed by atoms with E-state index in [1.165, 1.54) is 6.08 Å². The van der Waals surface area contributed by atoms with Gasteiger partial charge < -0.3 is 31.5 Å². The summed E-state index contributed by atoms with van der Waals surface area (Å²) in [5.41, 5.74) is 10.5. The number of carbonyl (C=O) groups is 3. The van der Waals surface area contributed by atoms with Gasteiger partial charge in [-0.05, 0) is 18.9 Å². The van der Waals surface area contributed by atoms with Crippen LogP contribution in [-0.2, 0) is 14.4 Å². The maximum atomic E-state index is 13.5. The number of nitrogens with two attached hydrogens (primary N) is 2. The molecule has 14 nitrogen and oxygen atoms in total. The lowest BCUT2D eigenvalue weighted by atomic mass is 9.96. The number of nitrogens with one attached hydrogen (secondary N) is 1. The summed E-state index contributed by atoms with van der Waals surface area (Å²) in [6, 6.07) is 0.